The third-order valence-electron chi connectivity index (χ3n) is 5.36. The smallest absolute Gasteiger partial charge is 0.259 e. The van der Waals surface area contributed by atoms with Gasteiger partial charge in [0, 0.05) is 30.8 Å². The largest absolute Gasteiger partial charge is 0.461 e. The Morgan fingerprint density at radius 2 is 2.10 bits per heavy atom. The molecule has 1 fully saturated rings. The average Bonchev–Trinajstić information content (AvgIpc) is 3.49. The highest BCUT2D eigenvalue weighted by Crippen LogP contribution is 2.22. The number of hydrogen-bond acceptors (Lipinski definition) is 8. The third kappa shape index (κ3) is 3.91. The summed E-state index contributed by atoms with van der Waals surface area (Å²) in [6.07, 6.45) is 3.48. The number of benzene rings is 1. The highest BCUT2D eigenvalue weighted by atomic mass is 19.1. The van der Waals surface area contributed by atoms with E-state index in [4.69, 9.17) is 10.2 Å². The number of hydrogen-bond donors (Lipinski definition) is 2. The van der Waals surface area contributed by atoms with Crippen LogP contribution in [-0.4, -0.2) is 48.6 Å². The molecule has 1 aliphatic rings. The van der Waals surface area contributed by atoms with Crippen LogP contribution in [0.5, 0.6) is 0 Å². The molecule has 0 amide bonds. The van der Waals surface area contributed by atoms with Gasteiger partial charge in [-0.1, -0.05) is 6.07 Å². The van der Waals surface area contributed by atoms with Crippen molar-refractivity contribution in [2.24, 2.45) is 0 Å². The van der Waals surface area contributed by atoms with Crippen molar-refractivity contribution in [2.45, 2.75) is 25.4 Å². The van der Waals surface area contributed by atoms with Gasteiger partial charge in [0.25, 0.3) is 5.78 Å². The lowest BCUT2D eigenvalue weighted by Gasteiger charge is -2.25. The van der Waals surface area contributed by atoms with Gasteiger partial charge >= 0.3 is 0 Å². The van der Waals surface area contributed by atoms with Crippen molar-refractivity contribution in [1.29, 1.82) is 0 Å². The summed E-state index contributed by atoms with van der Waals surface area (Å²) in [6, 6.07) is 7.34. The van der Waals surface area contributed by atoms with Crippen LogP contribution < -0.4 is 11.1 Å². The molecule has 1 aliphatic heterocycles. The van der Waals surface area contributed by atoms with Crippen molar-refractivity contribution < 1.29 is 13.2 Å². The second kappa shape index (κ2) is 7.91. The van der Waals surface area contributed by atoms with E-state index in [0.29, 0.717) is 42.0 Å². The fourth-order valence-corrected chi connectivity index (χ4v) is 3.81. The van der Waals surface area contributed by atoms with Crippen molar-refractivity contribution in [3.05, 3.63) is 53.8 Å². The topological polar surface area (TPSA) is 110 Å². The van der Waals surface area contributed by atoms with Gasteiger partial charge in [-0.3, -0.25) is 4.90 Å². The van der Waals surface area contributed by atoms with Crippen LogP contribution in [0.2, 0.25) is 0 Å². The molecule has 0 aliphatic carbocycles. The van der Waals surface area contributed by atoms with Crippen molar-refractivity contribution >= 4 is 17.7 Å². The van der Waals surface area contributed by atoms with Crippen LogP contribution in [0, 0.1) is 11.6 Å². The number of nitrogen functional groups attached to an aromatic ring is 1. The molecule has 1 unspecified atom stereocenters. The maximum Gasteiger partial charge on any atom is 0.259 e. The number of anilines is 2. The van der Waals surface area contributed by atoms with Crippen LogP contribution >= 0.6 is 0 Å². The maximum absolute atomic E-state index is 14.0. The summed E-state index contributed by atoms with van der Waals surface area (Å²) in [5, 5.41) is 7.47. The summed E-state index contributed by atoms with van der Waals surface area (Å²) < 4.78 is 33.9. The van der Waals surface area contributed by atoms with Crippen LogP contribution in [0.4, 0.5) is 20.7 Å². The first-order chi connectivity index (χ1) is 15.1. The Balaban J connectivity index is 1.29. The van der Waals surface area contributed by atoms with Gasteiger partial charge in [-0.2, -0.15) is 19.5 Å². The minimum atomic E-state index is -0.574. The number of aromatic nitrogens is 5. The van der Waals surface area contributed by atoms with Crippen LogP contribution in [0.15, 0.2) is 41.0 Å². The summed E-state index contributed by atoms with van der Waals surface area (Å²) in [5.74, 6) is 0.560. The summed E-state index contributed by atoms with van der Waals surface area (Å²) in [6.45, 7) is 1.80. The summed E-state index contributed by atoms with van der Waals surface area (Å²) in [4.78, 5) is 15.2. The summed E-state index contributed by atoms with van der Waals surface area (Å²) >= 11 is 0. The highest BCUT2D eigenvalue weighted by Gasteiger charge is 2.25. The molecule has 0 saturated carbocycles. The van der Waals surface area contributed by atoms with E-state index in [1.165, 1.54) is 22.9 Å². The van der Waals surface area contributed by atoms with E-state index in [2.05, 4.69) is 30.3 Å². The molecule has 9 nitrogen and oxygen atoms in total. The Morgan fingerprint density at radius 1 is 1.19 bits per heavy atom. The molecule has 4 heterocycles. The van der Waals surface area contributed by atoms with E-state index in [1.807, 2.05) is 0 Å². The number of fused-ring (bicyclic) bond motifs is 1. The summed E-state index contributed by atoms with van der Waals surface area (Å²) in [7, 11) is 0. The third-order valence-corrected chi connectivity index (χ3v) is 5.36. The minimum absolute atomic E-state index is 0.148. The molecule has 11 heteroatoms. The van der Waals surface area contributed by atoms with Crippen molar-refractivity contribution in [2.75, 3.05) is 24.1 Å². The number of nitrogens with two attached hydrogens (primary N) is 1. The zero-order valence-corrected chi connectivity index (χ0v) is 16.5. The van der Waals surface area contributed by atoms with Gasteiger partial charge in [-0.15, -0.1) is 5.10 Å². The number of likely N-dealkylation sites (tertiary alicyclic amines) is 1. The molecule has 5 rings (SSSR count). The molecule has 31 heavy (non-hydrogen) atoms. The lowest BCUT2D eigenvalue weighted by Crippen LogP contribution is -2.35. The lowest BCUT2D eigenvalue weighted by atomic mass is 10.1. The van der Waals surface area contributed by atoms with E-state index in [-0.39, 0.29) is 12.0 Å². The van der Waals surface area contributed by atoms with Gasteiger partial charge in [0.1, 0.15) is 11.6 Å². The quantitative estimate of drug-likeness (QED) is 0.484. The Kier molecular flexibility index (Phi) is 4.94. The lowest BCUT2D eigenvalue weighted by molar-refractivity contribution is 0.250. The Hall–Kier alpha value is -3.60. The fraction of sp³-hybridized carbons (Fsp3) is 0.300. The van der Waals surface area contributed by atoms with Crippen LogP contribution in [0.3, 0.4) is 0 Å². The Labute approximate surface area is 175 Å². The molecule has 0 spiro atoms. The van der Waals surface area contributed by atoms with Crippen molar-refractivity contribution in [3.63, 3.8) is 0 Å². The summed E-state index contributed by atoms with van der Waals surface area (Å²) in [5.41, 5.74) is 6.50. The molecule has 3 aromatic heterocycles. The molecule has 4 aromatic rings. The molecule has 0 bridgehead atoms. The number of halogens is 2. The zero-order valence-electron chi connectivity index (χ0n) is 16.5. The van der Waals surface area contributed by atoms with Crippen molar-refractivity contribution in [1.82, 2.24) is 29.5 Å². The first kappa shape index (κ1) is 19.4. The number of nitrogens with zero attached hydrogens (tertiary/aromatic N) is 6. The second-order valence-corrected chi connectivity index (χ2v) is 7.41. The number of nitrogens with one attached hydrogen (secondary N) is 1. The molecular formula is C20H20F2N8O. The normalized spacial score (nSPS) is 16.9. The van der Waals surface area contributed by atoms with E-state index in [1.54, 1.807) is 12.1 Å². The fourth-order valence-electron chi connectivity index (χ4n) is 3.81. The van der Waals surface area contributed by atoms with Crippen LogP contribution in [0.1, 0.15) is 18.4 Å². The first-order valence-electron chi connectivity index (χ1n) is 9.93. The Bertz CT molecular complexity index is 1210. The van der Waals surface area contributed by atoms with Gasteiger partial charge in [-0.05, 0) is 37.6 Å². The number of rotatable bonds is 6. The first-order valence-corrected chi connectivity index (χ1v) is 9.93. The average molecular weight is 426 g/mol. The van der Waals surface area contributed by atoms with Crippen molar-refractivity contribution in [3.8, 4) is 11.6 Å². The monoisotopic (exact) mass is 426 g/mol. The predicted molar refractivity (Wildman–Crippen MR) is 109 cm³/mol. The van der Waals surface area contributed by atoms with E-state index < -0.39 is 11.6 Å². The molecule has 160 valence electrons. The second-order valence-electron chi connectivity index (χ2n) is 7.41. The molecule has 1 aromatic carbocycles. The van der Waals surface area contributed by atoms with Crippen LogP contribution in [-0.2, 0) is 6.54 Å². The van der Waals surface area contributed by atoms with Crippen LogP contribution in [0.25, 0.3) is 17.4 Å². The van der Waals surface area contributed by atoms with E-state index in [9.17, 15) is 8.78 Å². The molecular weight excluding hydrogens is 406 g/mol. The van der Waals surface area contributed by atoms with Gasteiger partial charge in [-0.25, -0.2) is 8.78 Å². The predicted octanol–water partition coefficient (Wildman–Crippen LogP) is 2.72. The highest BCUT2D eigenvalue weighted by molar-refractivity contribution is 5.52. The molecule has 1 saturated heterocycles. The van der Waals surface area contributed by atoms with Gasteiger partial charge < -0.3 is 15.5 Å². The Morgan fingerprint density at radius 3 is 2.90 bits per heavy atom. The maximum atomic E-state index is 14.0. The molecule has 0 radical (unpaired) electrons. The van der Waals surface area contributed by atoms with Gasteiger partial charge in [0.05, 0.1) is 6.26 Å². The number of furan rings is 1. The van der Waals surface area contributed by atoms with E-state index >= 15 is 0 Å². The zero-order chi connectivity index (χ0) is 21.4. The van der Waals surface area contributed by atoms with Gasteiger partial charge in [0.15, 0.2) is 5.76 Å². The SMILES string of the molecule is Nc1nc(NCC2CCCN2Cc2ccc(F)cc2F)nc2nc(-c3ccco3)nn12. The molecule has 3 N–H and O–H groups in total. The minimum Gasteiger partial charge on any atom is -0.461 e. The standard InChI is InChI=1S/C20H20F2N8O/c21-13-6-5-12(15(22)9-13)11-29-7-1-3-14(29)10-24-19-26-18(23)30-20(27-19)25-17(28-30)16-4-2-8-31-16/h2,4-6,8-9,14H,1,3,7,10-11H2,(H3,23,24,25,26,27,28). The molecule has 1 atom stereocenters. The van der Waals surface area contributed by atoms with E-state index in [0.717, 1.165) is 25.5 Å². The van der Waals surface area contributed by atoms with Gasteiger partial charge in [0.2, 0.25) is 17.7 Å².